The number of carbonyl (C=O) groups excluding carboxylic acids is 1. The van der Waals surface area contributed by atoms with E-state index >= 15 is 0 Å². The summed E-state index contributed by atoms with van der Waals surface area (Å²) in [4.78, 5) is 34.9. The molecule has 0 bridgehead atoms. The van der Waals surface area contributed by atoms with E-state index in [1.54, 1.807) is 6.20 Å². The quantitative estimate of drug-likeness (QED) is 0.164. The van der Waals surface area contributed by atoms with E-state index in [1.807, 2.05) is 24.0 Å². The van der Waals surface area contributed by atoms with Gasteiger partial charge in [0, 0.05) is 74.1 Å². The molecule has 53 heavy (non-hydrogen) atoms. The van der Waals surface area contributed by atoms with Crippen molar-refractivity contribution in [3.05, 3.63) is 59.6 Å². The van der Waals surface area contributed by atoms with Gasteiger partial charge in [-0.1, -0.05) is 12.6 Å². The van der Waals surface area contributed by atoms with Crippen LogP contribution in [-0.2, 0) is 4.79 Å². The number of aromatic amines is 1. The highest BCUT2D eigenvalue weighted by atomic mass is 19.4. The van der Waals surface area contributed by atoms with Gasteiger partial charge in [0.1, 0.15) is 16.9 Å². The van der Waals surface area contributed by atoms with Crippen molar-refractivity contribution in [2.75, 3.05) is 75.3 Å². The van der Waals surface area contributed by atoms with Gasteiger partial charge in [0.25, 0.3) is 0 Å². The lowest BCUT2D eigenvalue weighted by molar-refractivity contribution is -0.153. The monoisotopic (exact) mass is 725 g/mol. The molecule has 0 atom stereocenters. The van der Waals surface area contributed by atoms with E-state index in [0.717, 1.165) is 72.8 Å². The third-order valence-electron chi connectivity index (χ3n) is 12.2. The standard InChI is InChI=1S/C39H42F3N9O2/c1-4-30(52)49-19-37(20-49)10-14-48(15-11-37)35-27-16-26(25-7-8-25)32(31-24(2)6-9-29-28(31)17-44-47-29)34(53-23-39(40,41)42)33(27)45-36(46-35)50-21-38(22-50,18-43-3)51-12-5-13-51/h4,6,9,16-17,25H,1,5,7-8,10-15,18-23H2,2H3,(H,44,47). The maximum Gasteiger partial charge on any atom is 0.422 e. The van der Waals surface area contributed by atoms with E-state index in [2.05, 4.69) is 42.4 Å². The summed E-state index contributed by atoms with van der Waals surface area (Å²) in [6, 6.07) is 6.00. The number of ether oxygens (including phenoxy) is 1. The third kappa shape index (κ3) is 5.75. The van der Waals surface area contributed by atoms with E-state index in [4.69, 9.17) is 21.3 Å². The van der Waals surface area contributed by atoms with Gasteiger partial charge >= 0.3 is 6.18 Å². The van der Waals surface area contributed by atoms with Crippen molar-refractivity contribution in [2.24, 2.45) is 5.41 Å². The number of amides is 1. The van der Waals surface area contributed by atoms with Crippen molar-refractivity contribution in [1.82, 2.24) is 30.0 Å². The summed E-state index contributed by atoms with van der Waals surface area (Å²) < 4.78 is 48.3. The van der Waals surface area contributed by atoms with Crippen LogP contribution < -0.4 is 14.5 Å². The molecule has 0 radical (unpaired) electrons. The van der Waals surface area contributed by atoms with Gasteiger partial charge in [-0.2, -0.15) is 23.3 Å². The third-order valence-corrected chi connectivity index (χ3v) is 12.2. The van der Waals surface area contributed by atoms with Crippen molar-refractivity contribution in [3.8, 4) is 16.9 Å². The summed E-state index contributed by atoms with van der Waals surface area (Å²) >= 11 is 0. The molecule has 1 N–H and O–H groups in total. The molecule has 2 aromatic heterocycles. The van der Waals surface area contributed by atoms with Gasteiger partial charge < -0.3 is 24.3 Å². The van der Waals surface area contributed by atoms with Gasteiger partial charge in [-0.25, -0.2) is 11.6 Å². The molecule has 1 aliphatic carbocycles. The molecule has 0 unspecified atom stereocenters. The Hall–Kier alpha value is -4.90. The Morgan fingerprint density at radius 1 is 1.08 bits per heavy atom. The number of aromatic nitrogens is 4. The lowest BCUT2D eigenvalue weighted by atomic mass is 9.72. The molecule has 5 fully saturated rings. The number of hydrogen-bond donors (Lipinski definition) is 1. The van der Waals surface area contributed by atoms with E-state index in [9.17, 15) is 18.0 Å². The molecule has 1 spiro atoms. The summed E-state index contributed by atoms with van der Waals surface area (Å²) in [5.74, 6) is 1.34. The maximum absolute atomic E-state index is 14.1. The van der Waals surface area contributed by atoms with Gasteiger partial charge in [-0.05, 0) is 79.8 Å². The van der Waals surface area contributed by atoms with E-state index in [1.165, 1.54) is 6.08 Å². The average Bonchev–Trinajstić information content (AvgIpc) is 3.82. The van der Waals surface area contributed by atoms with Gasteiger partial charge in [-0.15, -0.1) is 0 Å². The fourth-order valence-corrected chi connectivity index (χ4v) is 9.04. The predicted molar refractivity (Wildman–Crippen MR) is 196 cm³/mol. The Morgan fingerprint density at radius 3 is 2.47 bits per heavy atom. The molecule has 276 valence electrons. The smallest absolute Gasteiger partial charge is 0.422 e. The molecule has 2 aromatic carbocycles. The summed E-state index contributed by atoms with van der Waals surface area (Å²) in [5.41, 5.74) is 4.14. The zero-order chi connectivity index (χ0) is 36.7. The Kier molecular flexibility index (Phi) is 7.89. The fourth-order valence-electron chi connectivity index (χ4n) is 9.04. The zero-order valence-corrected chi connectivity index (χ0v) is 29.8. The lowest BCUT2D eigenvalue weighted by Crippen LogP contribution is -2.74. The number of piperidine rings is 1. The van der Waals surface area contributed by atoms with Gasteiger partial charge in [0.05, 0.1) is 11.7 Å². The number of hydrogen-bond acceptors (Lipinski definition) is 8. The van der Waals surface area contributed by atoms with Crippen LogP contribution >= 0.6 is 0 Å². The number of benzene rings is 2. The van der Waals surface area contributed by atoms with Crippen LogP contribution in [0.4, 0.5) is 24.9 Å². The highest BCUT2D eigenvalue weighted by molar-refractivity contribution is 6.06. The van der Waals surface area contributed by atoms with Gasteiger partial charge in [0.15, 0.2) is 12.4 Å². The molecule has 4 aliphatic heterocycles. The van der Waals surface area contributed by atoms with Gasteiger partial charge in [0.2, 0.25) is 18.4 Å². The van der Waals surface area contributed by atoms with Crippen LogP contribution in [0.15, 0.2) is 37.1 Å². The average molecular weight is 726 g/mol. The van der Waals surface area contributed by atoms with Crippen molar-refractivity contribution in [2.45, 2.75) is 56.7 Å². The van der Waals surface area contributed by atoms with Crippen LogP contribution in [0.25, 0.3) is 37.8 Å². The second kappa shape index (κ2) is 12.3. The van der Waals surface area contributed by atoms with Crippen LogP contribution in [0.3, 0.4) is 0 Å². The highest BCUT2D eigenvalue weighted by Crippen LogP contribution is 2.53. The molecule has 6 heterocycles. The number of likely N-dealkylation sites (tertiary alicyclic amines) is 2. The van der Waals surface area contributed by atoms with Crippen LogP contribution in [0, 0.1) is 18.9 Å². The first-order valence-corrected chi connectivity index (χ1v) is 18.5. The molecule has 1 amide bonds. The Bertz CT molecular complexity index is 2160. The Labute approximate surface area is 305 Å². The van der Waals surface area contributed by atoms with Crippen LogP contribution in [-0.4, -0.2) is 113 Å². The molecular formula is C39H42F3N9O2. The van der Waals surface area contributed by atoms with Crippen LogP contribution in [0.5, 0.6) is 5.75 Å². The minimum Gasteiger partial charge on any atom is -0.481 e. The van der Waals surface area contributed by atoms with Crippen molar-refractivity contribution in [3.63, 3.8) is 0 Å². The maximum atomic E-state index is 14.1. The zero-order valence-electron chi connectivity index (χ0n) is 29.8. The minimum atomic E-state index is -4.58. The first-order valence-electron chi connectivity index (χ1n) is 18.5. The molecule has 11 nitrogen and oxygen atoms in total. The normalized spacial score (nSPS) is 20.9. The number of fused-ring (bicyclic) bond motifs is 2. The number of carbonyl (C=O) groups is 1. The minimum absolute atomic E-state index is 0.0308. The first-order chi connectivity index (χ1) is 25.5. The SMILES string of the molecule is [C-]#[N+]CC1(N2CCC2)CN(c2nc(N3CCC4(CC3)CN(C(=O)C=C)C4)c3cc(C4CC4)c(-c4c(C)ccc5[nH]ncc45)c(OCC(F)(F)F)c3n2)C1. The Balaban J connectivity index is 1.21. The Morgan fingerprint density at radius 2 is 1.83 bits per heavy atom. The largest absolute Gasteiger partial charge is 0.481 e. The van der Waals surface area contributed by atoms with E-state index in [0.29, 0.717) is 74.0 Å². The second-order valence-electron chi connectivity index (χ2n) is 15.8. The van der Waals surface area contributed by atoms with Gasteiger partial charge in [-0.3, -0.25) is 14.8 Å². The number of rotatable bonds is 9. The van der Waals surface area contributed by atoms with E-state index < -0.39 is 12.8 Å². The number of H-pyrrole nitrogens is 1. The topological polar surface area (TPSA) is 98.1 Å². The fraction of sp³-hybridized carbons (Fsp3) is 0.513. The first kappa shape index (κ1) is 33.9. The number of nitrogens with one attached hydrogen (secondary N) is 1. The number of nitrogens with zero attached hydrogens (tertiary/aromatic N) is 8. The molecule has 4 aromatic rings. The number of anilines is 2. The van der Waals surface area contributed by atoms with Crippen molar-refractivity contribution >= 4 is 39.5 Å². The van der Waals surface area contributed by atoms with Crippen molar-refractivity contribution in [1.29, 1.82) is 0 Å². The number of halogens is 3. The summed E-state index contributed by atoms with van der Waals surface area (Å²) in [5, 5.41) is 8.81. The summed E-state index contributed by atoms with van der Waals surface area (Å²) in [7, 11) is 0. The molecule has 14 heteroatoms. The molecular weight excluding hydrogens is 683 g/mol. The lowest BCUT2D eigenvalue weighted by Gasteiger charge is -2.56. The summed E-state index contributed by atoms with van der Waals surface area (Å²) in [6.45, 7) is 18.0. The van der Waals surface area contributed by atoms with E-state index in [-0.39, 0.29) is 28.5 Å². The number of alkyl halides is 3. The predicted octanol–water partition coefficient (Wildman–Crippen LogP) is 6.10. The molecule has 4 saturated heterocycles. The van der Waals surface area contributed by atoms with Crippen molar-refractivity contribution < 1.29 is 22.7 Å². The summed E-state index contributed by atoms with van der Waals surface area (Å²) in [6.07, 6.45) is 3.16. The highest BCUT2D eigenvalue weighted by Gasteiger charge is 2.53. The molecule has 1 saturated carbocycles. The molecule has 9 rings (SSSR count). The number of aryl methyl sites for hydroxylation is 1. The second-order valence-corrected chi connectivity index (χ2v) is 15.8. The van der Waals surface area contributed by atoms with Crippen LogP contribution in [0.1, 0.15) is 49.1 Å². The molecule has 5 aliphatic rings. The van der Waals surface area contributed by atoms with Crippen LogP contribution in [0.2, 0.25) is 0 Å².